The van der Waals surface area contributed by atoms with Crippen LogP contribution in [0.2, 0.25) is 5.15 Å². The van der Waals surface area contributed by atoms with Crippen molar-refractivity contribution in [2.24, 2.45) is 0 Å². The molecular weight excluding hydrogens is 263 g/mol. The molecule has 0 fully saturated rings. The van der Waals surface area contributed by atoms with E-state index in [0.717, 1.165) is 23.4 Å². The normalized spacial score (nSPS) is 12.2. The van der Waals surface area contributed by atoms with Crippen LogP contribution in [-0.2, 0) is 6.42 Å². The minimum absolute atomic E-state index is 0.206. The first kappa shape index (κ1) is 13.8. The van der Waals surface area contributed by atoms with E-state index in [1.54, 1.807) is 18.2 Å². The van der Waals surface area contributed by atoms with Crippen LogP contribution >= 0.6 is 11.6 Å². The van der Waals surface area contributed by atoms with Crippen molar-refractivity contribution in [1.82, 2.24) is 4.98 Å². The average molecular weight is 279 g/mol. The van der Waals surface area contributed by atoms with Crippen molar-refractivity contribution in [3.63, 3.8) is 0 Å². The van der Waals surface area contributed by atoms with Crippen LogP contribution in [-0.4, -0.2) is 11.0 Å². The van der Waals surface area contributed by atoms with Gasteiger partial charge in [0.25, 0.3) is 0 Å². The van der Waals surface area contributed by atoms with Crippen molar-refractivity contribution < 1.29 is 4.39 Å². The number of nitrogens with zero attached hydrogens (tertiary/aromatic N) is 1. The highest BCUT2D eigenvalue weighted by Gasteiger charge is 2.07. The molecule has 1 heterocycles. The molecule has 2 rings (SSSR count). The van der Waals surface area contributed by atoms with Gasteiger partial charge in [0.1, 0.15) is 11.0 Å². The summed E-state index contributed by atoms with van der Waals surface area (Å²) >= 11 is 5.82. The van der Waals surface area contributed by atoms with E-state index in [9.17, 15) is 4.39 Å². The van der Waals surface area contributed by atoms with Gasteiger partial charge in [-0.2, -0.15) is 0 Å². The van der Waals surface area contributed by atoms with Gasteiger partial charge in [-0.15, -0.1) is 0 Å². The molecule has 100 valence electrons. The van der Waals surface area contributed by atoms with Crippen LogP contribution in [0.15, 0.2) is 36.4 Å². The first-order valence-corrected chi connectivity index (χ1v) is 6.56. The van der Waals surface area contributed by atoms with Gasteiger partial charge < -0.3 is 5.32 Å². The molecule has 1 N–H and O–H groups in total. The van der Waals surface area contributed by atoms with Crippen molar-refractivity contribution in [3.05, 3.63) is 58.6 Å². The zero-order valence-corrected chi connectivity index (χ0v) is 11.7. The van der Waals surface area contributed by atoms with E-state index in [1.165, 1.54) is 12.1 Å². The molecular formula is C15H16ClFN2. The van der Waals surface area contributed by atoms with Gasteiger partial charge in [-0.3, -0.25) is 0 Å². The quantitative estimate of drug-likeness (QED) is 0.847. The topological polar surface area (TPSA) is 24.9 Å². The largest absolute Gasteiger partial charge is 0.381 e. The maximum atomic E-state index is 12.8. The number of aryl methyl sites for hydroxylation is 1. The molecule has 1 atom stereocenters. The Kier molecular flexibility index (Phi) is 4.38. The number of pyridine rings is 1. The summed E-state index contributed by atoms with van der Waals surface area (Å²) in [6, 6.07) is 10.5. The number of nitrogens with one attached hydrogen (secondary N) is 1. The number of aromatic nitrogens is 1. The Hall–Kier alpha value is -1.61. The third-order valence-corrected chi connectivity index (χ3v) is 3.12. The Balaban J connectivity index is 2.01. The molecule has 0 aliphatic rings. The summed E-state index contributed by atoms with van der Waals surface area (Å²) in [6.45, 7) is 4.00. The average Bonchev–Trinajstić information content (AvgIpc) is 2.36. The highest BCUT2D eigenvalue weighted by Crippen LogP contribution is 2.17. The Morgan fingerprint density at radius 1 is 1.21 bits per heavy atom. The van der Waals surface area contributed by atoms with Crippen molar-refractivity contribution in [2.75, 3.05) is 5.32 Å². The standard InChI is InChI=1S/C15H16ClFN2/c1-10(9-12-3-5-13(17)6-4-12)18-14-7-8-15(16)19-11(14)2/h3-8,10,18H,9H2,1-2H3. The molecule has 0 spiro atoms. The lowest BCUT2D eigenvalue weighted by molar-refractivity contribution is 0.626. The van der Waals surface area contributed by atoms with Gasteiger partial charge >= 0.3 is 0 Å². The fraction of sp³-hybridized carbons (Fsp3) is 0.267. The first-order valence-electron chi connectivity index (χ1n) is 6.19. The summed E-state index contributed by atoms with van der Waals surface area (Å²) in [5.41, 5.74) is 2.94. The van der Waals surface area contributed by atoms with Crippen LogP contribution in [0.1, 0.15) is 18.2 Å². The van der Waals surface area contributed by atoms with Crippen LogP contribution < -0.4 is 5.32 Å². The number of hydrogen-bond donors (Lipinski definition) is 1. The number of benzene rings is 1. The summed E-state index contributed by atoms with van der Waals surface area (Å²) in [7, 11) is 0. The van der Waals surface area contributed by atoms with Crippen molar-refractivity contribution in [1.29, 1.82) is 0 Å². The summed E-state index contributed by atoms with van der Waals surface area (Å²) in [4.78, 5) is 4.20. The summed E-state index contributed by atoms with van der Waals surface area (Å²) in [6.07, 6.45) is 0.822. The molecule has 1 aromatic heterocycles. The molecule has 0 amide bonds. The molecule has 4 heteroatoms. The fourth-order valence-corrected chi connectivity index (χ4v) is 2.16. The molecule has 1 aromatic carbocycles. The third-order valence-electron chi connectivity index (χ3n) is 2.91. The van der Waals surface area contributed by atoms with Crippen molar-refractivity contribution in [2.45, 2.75) is 26.3 Å². The molecule has 0 aliphatic heterocycles. The second kappa shape index (κ2) is 6.02. The second-order valence-corrected chi connectivity index (χ2v) is 5.03. The van der Waals surface area contributed by atoms with Crippen molar-refractivity contribution >= 4 is 17.3 Å². The maximum absolute atomic E-state index is 12.8. The van der Waals surface area contributed by atoms with Crippen LogP contribution in [0.5, 0.6) is 0 Å². The molecule has 1 unspecified atom stereocenters. The summed E-state index contributed by atoms with van der Waals surface area (Å²) in [5, 5.41) is 3.88. The van der Waals surface area contributed by atoms with Gasteiger partial charge in [0.2, 0.25) is 0 Å². The molecule has 0 bridgehead atoms. The van der Waals surface area contributed by atoms with E-state index in [2.05, 4.69) is 17.2 Å². The van der Waals surface area contributed by atoms with Crippen molar-refractivity contribution in [3.8, 4) is 0 Å². The Morgan fingerprint density at radius 3 is 2.53 bits per heavy atom. The highest BCUT2D eigenvalue weighted by molar-refractivity contribution is 6.29. The maximum Gasteiger partial charge on any atom is 0.129 e. The van der Waals surface area contributed by atoms with Gasteiger partial charge in [0, 0.05) is 6.04 Å². The number of rotatable bonds is 4. The lowest BCUT2D eigenvalue weighted by atomic mass is 10.1. The van der Waals surface area contributed by atoms with E-state index >= 15 is 0 Å². The number of hydrogen-bond acceptors (Lipinski definition) is 2. The van der Waals surface area contributed by atoms with E-state index < -0.39 is 0 Å². The molecule has 0 aliphatic carbocycles. The SMILES string of the molecule is Cc1nc(Cl)ccc1NC(C)Cc1ccc(F)cc1. The minimum Gasteiger partial charge on any atom is -0.381 e. The molecule has 19 heavy (non-hydrogen) atoms. The lowest BCUT2D eigenvalue weighted by Gasteiger charge is -2.16. The van der Waals surface area contributed by atoms with Gasteiger partial charge in [-0.25, -0.2) is 9.37 Å². The lowest BCUT2D eigenvalue weighted by Crippen LogP contribution is -2.19. The molecule has 2 aromatic rings. The van der Waals surface area contributed by atoms with Gasteiger partial charge in [0.15, 0.2) is 0 Å². The zero-order chi connectivity index (χ0) is 13.8. The van der Waals surface area contributed by atoms with Crippen LogP contribution in [0, 0.1) is 12.7 Å². The minimum atomic E-state index is -0.206. The predicted molar refractivity (Wildman–Crippen MR) is 77.2 cm³/mol. The second-order valence-electron chi connectivity index (χ2n) is 4.64. The van der Waals surface area contributed by atoms with Gasteiger partial charge in [-0.1, -0.05) is 23.7 Å². The third kappa shape index (κ3) is 3.93. The van der Waals surface area contributed by atoms with E-state index in [4.69, 9.17) is 11.6 Å². The van der Waals surface area contributed by atoms with Crippen LogP contribution in [0.4, 0.5) is 10.1 Å². The predicted octanol–water partition coefficient (Wildman–Crippen LogP) is 4.23. The van der Waals surface area contributed by atoms with E-state index in [0.29, 0.717) is 5.15 Å². The van der Waals surface area contributed by atoms with E-state index in [-0.39, 0.29) is 11.9 Å². The molecule has 0 saturated carbocycles. The Morgan fingerprint density at radius 2 is 1.89 bits per heavy atom. The summed E-state index contributed by atoms with van der Waals surface area (Å²) < 4.78 is 12.8. The smallest absolute Gasteiger partial charge is 0.129 e. The highest BCUT2D eigenvalue weighted by atomic mass is 35.5. The zero-order valence-electron chi connectivity index (χ0n) is 11.0. The number of halogens is 2. The van der Waals surface area contributed by atoms with Crippen LogP contribution in [0.25, 0.3) is 0 Å². The first-order chi connectivity index (χ1) is 9.04. The summed E-state index contributed by atoms with van der Waals surface area (Å²) in [5.74, 6) is -0.206. The van der Waals surface area contributed by atoms with Gasteiger partial charge in [-0.05, 0) is 50.1 Å². The Labute approximate surface area is 117 Å². The van der Waals surface area contributed by atoms with Crippen LogP contribution in [0.3, 0.4) is 0 Å². The number of anilines is 1. The Bertz CT molecular complexity index is 555. The van der Waals surface area contributed by atoms with E-state index in [1.807, 2.05) is 13.0 Å². The molecule has 0 saturated heterocycles. The molecule has 0 radical (unpaired) electrons. The fourth-order valence-electron chi connectivity index (χ4n) is 1.97. The molecule has 2 nitrogen and oxygen atoms in total. The van der Waals surface area contributed by atoms with Gasteiger partial charge in [0.05, 0.1) is 11.4 Å². The monoisotopic (exact) mass is 278 g/mol.